The highest BCUT2D eigenvalue weighted by Crippen LogP contribution is 2.12. The zero-order valence-electron chi connectivity index (χ0n) is 11.4. The zero-order valence-corrected chi connectivity index (χ0v) is 11.4. The van der Waals surface area contributed by atoms with E-state index in [-0.39, 0.29) is 17.2 Å². The number of nitro groups is 1. The number of nitrogens with zero attached hydrogens (tertiary/aromatic N) is 2. The van der Waals surface area contributed by atoms with E-state index in [0.29, 0.717) is 6.54 Å². The molecule has 19 heavy (non-hydrogen) atoms. The number of aliphatic hydroxyl groups excluding tert-OH is 1. The molecular formula is C14H22N2O3. The minimum atomic E-state index is -0.386. The van der Waals surface area contributed by atoms with Crippen molar-refractivity contribution in [2.75, 3.05) is 26.2 Å². The van der Waals surface area contributed by atoms with Gasteiger partial charge in [-0.25, -0.2) is 0 Å². The summed E-state index contributed by atoms with van der Waals surface area (Å²) < 4.78 is 0. The summed E-state index contributed by atoms with van der Waals surface area (Å²) in [5, 5.41) is 19.6. The molecular weight excluding hydrogens is 244 g/mol. The fourth-order valence-electron chi connectivity index (χ4n) is 1.93. The van der Waals surface area contributed by atoms with E-state index in [1.54, 1.807) is 12.1 Å². The molecule has 5 heteroatoms. The summed E-state index contributed by atoms with van der Waals surface area (Å²) in [5.41, 5.74) is 1.21. The number of unbranched alkanes of at least 4 members (excludes halogenated alkanes) is 1. The van der Waals surface area contributed by atoms with Gasteiger partial charge in [0.15, 0.2) is 0 Å². The van der Waals surface area contributed by atoms with Crippen LogP contribution < -0.4 is 0 Å². The second-order valence-corrected chi connectivity index (χ2v) is 4.59. The molecule has 0 heterocycles. The van der Waals surface area contributed by atoms with Gasteiger partial charge in [0.25, 0.3) is 5.69 Å². The number of aliphatic hydroxyl groups is 1. The first-order chi connectivity index (χ1) is 9.17. The van der Waals surface area contributed by atoms with Crippen molar-refractivity contribution in [2.45, 2.75) is 26.2 Å². The molecule has 0 spiro atoms. The molecule has 0 aliphatic rings. The lowest BCUT2D eigenvalue weighted by atomic mass is 10.1. The van der Waals surface area contributed by atoms with Crippen LogP contribution in [-0.2, 0) is 6.42 Å². The van der Waals surface area contributed by atoms with Gasteiger partial charge in [0.1, 0.15) is 0 Å². The van der Waals surface area contributed by atoms with Crippen LogP contribution in [0.15, 0.2) is 24.3 Å². The quantitative estimate of drug-likeness (QED) is 0.550. The van der Waals surface area contributed by atoms with Gasteiger partial charge in [0.2, 0.25) is 0 Å². The Morgan fingerprint density at radius 2 is 1.89 bits per heavy atom. The zero-order chi connectivity index (χ0) is 14.1. The van der Waals surface area contributed by atoms with Crippen LogP contribution in [0.25, 0.3) is 0 Å². The first-order valence-electron chi connectivity index (χ1n) is 6.74. The fourth-order valence-corrected chi connectivity index (χ4v) is 1.93. The summed E-state index contributed by atoms with van der Waals surface area (Å²) in [6, 6.07) is 6.68. The maximum Gasteiger partial charge on any atom is 0.269 e. The van der Waals surface area contributed by atoms with Gasteiger partial charge >= 0.3 is 0 Å². The molecule has 0 radical (unpaired) electrons. The first kappa shape index (κ1) is 15.6. The predicted molar refractivity (Wildman–Crippen MR) is 75.2 cm³/mol. The molecule has 0 saturated heterocycles. The van der Waals surface area contributed by atoms with Crippen LogP contribution in [0.2, 0.25) is 0 Å². The molecule has 0 amide bonds. The molecule has 106 valence electrons. The van der Waals surface area contributed by atoms with Gasteiger partial charge in [-0.1, -0.05) is 25.5 Å². The van der Waals surface area contributed by atoms with Crippen LogP contribution in [0, 0.1) is 10.1 Å². The lowest BCUT2D eigenvalue weighted by Gasteiger charge is -2.20. The van der Waals surface area contributed by atoms with E-state index in [4.69, 9.17) is 5.11 Å². The van der Waals surface area contributed by atoms with Crippen molar-refractivity contribution < 1.29 is 10.0 Å². The molecule has 0 aliphatic carbocycles. The van der Waals surface area contributed by atoms with Gasteiger partial charge in [-0.05, 0) is 24.9 Å². The van der Waals surface area contributed by atoms with Crippen LogP contribution >= 0.6 is 0 Å². The summed E-state index contributed by atoms with van der Waals surface area (Å²) in [5.74, 6) is 0. The van der Waals surface area contributed by atoms with E-state index < -0.39 is 0 Å². The van der Waals surface area contributed by atoms with Gasteiger partial charge in [-0.15, -0.1) is 0 Å². The smallest absolute Gasteiger partial charge is 0.269 e. The summed E-state index contributed by atoms with van der Waals surface area (Å²) in [7, 11) is 0. The maximum absolute atomic E-state index is 10.6. The van der Waals surface area contributed by atoms with Gasteiger partial charge in [-0.2, -0.15) is 0 Å². The molecule has 0 fully saturated rings. The van der Waals surface area contributed by atoms with Gasteiger partial charge in [0.05, 0.1) is 11.5 Å². The monoisotopic (exact) mass is 266 g/mol. The summed E-state index contributed by atoms with van der Waals surface area (Å²) >= 11 is 0. The van der Waals surface area contributed by atoms with Crippen LogP contribution in [0.4, 0.5) is 5.69 Å². The second-order valence-electron chi connectivity index (χ2n) is 4.59. The molecule has 0 bridgehead atoms. The summed E-state index contributed by atoms with van der Waals surface area (Å²) in [6.45, 7) is 4.87. The Labute approximate surface area is 114 Å². The van der Waals surface area contributed by atoms with Crippen molar-refractivity contribution in [3.8, 4) is 0 Å². The normalized spacial score (nSPS) is 10.9. The third-order valence-corrected chi connectivity index (χ3v) is 3.11. The molecule has 1 aromatic carbocycles. The number of rotatable bonds is 9. The van der Waals surface area contributed by atoms with Crippen molar-refractivity contribution >= 4 is 5.69 Å². The average molecular weight is 266 g/mol. The summed E-state index contributed by atoms with van der Waals surface area (Å²) in [6.07, 6.45) is 3.11. The minimum Gasteiger partial charge on any atom is -0.395 e. The minimum absolute atomic E-state index is 0.127. The van der Waals surface area contributed by atoms with Crippen molar-refractivity contribution in [3.05, 3.63) is 39.9 Å². The molecule has 1 N–H and O–H groups in total. The largest absolute Gasteiger partial charge is 0.395 e. The predicted octanol–water partition coefficient (Wildman–Crippen LogP) is 2.23. The first-order valence-corrected chi connectivity index (χ1v) is 6.74. The van der Waals surface area contributed by atoms with Crippen LogP contribution in [-0.4, -0.2) is 41.2 Å². The Bertz CT molecular complexity index is 379. The lowest BCUT2D eigenvalue weighted by Crippen LogP contribution is -2.30. The highest BCUT2D eigenvalue weighted by molar-refractivity contribution is 5.32. The molecule has 5 nitrogen and oxygen atoms in total. The van der Waals surface area contributed by atoms with Crippen LogP contribution in [0.5, 0.6) is 0 Å². The molecule has 0 unspecified atom stereocenters. The standard InChI is InChI=1S/C14H22N2O3/c1-2-3-9-15(11-12-17)10-8-13-4-6-14(7-5-13)16(18)19/h4-7,17H,2-3,8-12H2,1H3. The van der Waals surface area contributed by atoms with E-state index in [9.17, 15) is 10.1 Å². The highest BCUT2D eigenvalue weighted by Gasteiger charge is 2.06. The maximum atomic E-state index is 10.6. The van der Waals surface area contributed by atoms with E-state index in [1.165, 1.54) is 12.1 Å². The third kappa shape index (κ3) is 5.81. The summed E-state index contributed by atoms with van der Waals surface area (Å²) in [4.78, 5) is 12.4. The number of hydrogen-bond donors (Lipinski definition) is 1. The Hall–Kier alpha value is -1.46. The van der Waals surface area contributed by atoms with Crippen molar-refractivity contribution in [1.82, 2.24) is 4.90 Å². The Balaban J connectivity index is 2.46. The Morgan fingerprint density at radius 1 is 1.21 bits per heavy atom. The number of nitro benzene ring substituents is 1. The van der Waals surface area contributed by atoms with Gasteiger partial charge in [-0.3, -0.25) is 10.1 Å². The molecule has 1 rings (SSSR count). The average Bonchev–Trinajstić information content (AvgIpc) is 2.42. The molecule has 1 aromatic rings. The second kappa shape index (κ2) is 8.61. The van der Waals surface area contributed by atoms with Crippen molar-refractivity contribution in [2.24, 2.45) is 0 Å². The van der Waals surface area contributed by atoms with E-state index in [0.717, 1.165) is 37.9 Å². The number of non-ortho nitro benzene ring substituents is 1. The Morgan fingerprint density at radius 3 is 2.42 bits per heavy atom. The molecule has 0 aliphatic heterocycles. The van der Waals surface area contributed by atoms with E-state index in [2.05, 4.69) is 11.8 Å². The highest BCUT2D eigenvalue weighted by atomic mass is 16.6. The fraction of sp³-hybridized carbons (Fsp3) is 0.571. The Kier molecular flexibility index (Phi) is 7.07. The third-order valence-electron chi connectivity index (χ3n) is 3.11. The number of hydrogen-bond acceptors (Lipinski definition) is 4. The van der Waals surface area contributed by atoms with E-state index in [1.807, 2.05) is 0 Å². The van der Waals surface area contributed by atoms with Crippen LogP contribution in [0.1, 0.15) is 25.3 Å². The lowest BCUT2D eigenvalue weighted by molar-refractivity contribution is -0.384. The van der Waals surface area contributed by atoms with E-state index >= 15 is 0 Å². The van der Waals surface area contributed by atoms with Gasteiger partial charge < -0.3 is 10.0 Å². The topological polar surface area (TPSA) is 66.6 Å². The number of benzene rings is 1. The van der Waals surface area contributed by atoms with Crippen molar-refractivity contribution in [1.29, 1.82) is 0 Å². The van der Waals surface area contributed by atoms with Crippen LogP contribution in [0.3, 0.4) is 0 Å². The molecule has 0 saturated carbocycles. The molecule has 0 aromatic heterocycles. The van der Waals surface area contributed by atoms with Crippen molar-refractivity contribution in [3.63, 3.8) is 0 Å². The van der Waals surface area contributed by atoms with Gasteiger partial charge in [0, 0.05) is 25.2 Å². The molecule has 0 atom stereocenters. The SMILES string of the molecule is CCCCN(CCO)CCc1ccc([N+](=O)[O-])cc1.